The van der Waals surface area contributed by atoms with E-state index in [1.165, 1.54) is 44.9 Å². The minimum atomic E-state index is -3.66. The predicted octanol–water partition coefficient (Wildman–Crippen LogP) is 6.47. The van der Waals surface area contributed by atoms with Gasteiger partial charge in [-0.05, 0) is 128 Å². The van der Waals surface area contributed by atoms with Crippen LogP contribution >= 0.6 is 0 Å². The fourth-order valence-corrected chi connectivity index (χ4v) is 12.2. The van der Waals surface area contributed by atoms with Gasteiger partial charge in [0.2, 0.25) is 0 Å². The first kappa shape index (κ1) is 32.0. The summed E-state index contributed by atoms with van der Waals surface area (Å²) in [5, 5.41) is 22.5. The van der Waals surface area contributed by atoms with Crippen LogP contribution in [0.2, 0.25) is 0 Å². The van der Waals surface area contributed by atoms with Crippen molar-refractivity contribution in [1.82, 2.24) is 0 Å². The van der Waals surface area contributed by atoms with Crippen molar-refractivity contribution in [3.63, 3.8) is 0 Å². The maximum Gasteiger partial charge on any atom is 0.185 e. The van der Waals surface area contributed by atoms with Crippen LogP contribution in [0.25, 0.3) is 0 Å². The molecule has 1 aromatic rings. The average molecular weight is 603 g/mol. The Morgan fingerprint density at radius 3 is 2.33 bits per heavy atom. The van der Waals surface area contributed by atoms with E-state index in [0.717, 1.165) is 32.1 Å². The average Bonchev–Trinajstić information content (AvgIpc) is 3.31. The molecule has 236 valence electrons. The molecule has 7 heteroatoms. The normalized spacial score (nSPS) is 40.5. The zero-order valence-corrected chi connectivity index (χ0v) is 27.2. The lowest BCUT2D eigenvalue weighted by molar-refractivity contribution is -0.203. The zero-order chi connectivity index (χ0) is 30.4. The van der Waals surface area contributed by atoms with Crippen LogP contribution in [-0.4, -0.2) is 49.5 Å². The van der Waals surface area contributed by atoms with Crippen LogP contribution in [0.3, 0.4) is 0 Å². The van der Waals surface area contributed by atoms with Crippen molar-refractivity contribution in [2.75, 3.05) is 12.9 Å². The third-order valence-electron chi connectivity index (χ3n) is 13.0. The van der Waals surface area contributed by atoms with E-state index in [-0.39, 0.29) is 39.6 Å². The van der Waals surface area contributed by atoms with Crippen LogP contribution in [-0.2, 0) is 14.6 Å². The number of aliphatic hydroxyl groups is 2. The molecule has 6 nitrogen and oxygen atoms in total. The number of ketones is 1. The largest absolute Gasteiger partial charge is 0.497 e. The molecule has 4 saturated carbocycles. The molecule has 0 heterocycles. The Bertz CT molecular complexity index is 1210. The summed E-state index contributed by atoms with van der Waals surface area (Å²) >= 11 is 0. The number of hydrogen-bond acceptors (Lipinski definition) is 6. The van der Waals surface area contributed by atoms with Gasteiger partial charge in [0.05, 0.1) is 24.2 Å². The Kier molecular flexibility index (Phi) is 9.25. The second kappa shape index (κ2) is 12.2. The van der Waals surface area contributed by atoms with Crippen LogP contribution < -0.4 is 4.74 Å². The molecule has 11 atom stereocenters. The highest BCUT2D eigenvalue weighted by Gasteiger charge is 2.64. The molecule has 4 fully saturated rings. The van der Waals surface area contributed by atoms with E-state index in [9.17, 15) is 23.4 Å². The fraction of sp³-hybridized carbons (Fsp3) is 0.800. The first-order chi connectivity index (χ1) is 19.9. The Balaban J connectivity index is 1.20. The van der Waals surface area contributed by atoms with Crippen molar-refractivity contribution in [2.24, 2.45) is 52.3 Å². The fourth-order valence-electron chi connectivity index (χ4n) is 10.9. The lowest BCUT2D eigenvalue weighted by Crippen LogP contribution is -2.62. The maximum atomic E-state index is 12.8. The molecule has 0 unspecified atom stereocenters. The van der Waals surface area contributed by atoms with Crippen LogP contribution in [0.15, 0.2) is 29.2 Å². The number of aliphatic hydroxyl groups excluding tert-OH is 2. The Morgan fingerprint density at radius 1 is 1.00 bits per heavy atom. The van der Waals surface area contributed by atoms with Gasteiger partial charge < -0.3 is 14.9 Å². The molecule has 4 aliphatic rings. The number of carbonyl (C=O) groups excluding carboxylic acids is 1. The highest BCUT2D eigenvalue weighted by molar-refractivity contribution is 7.92. The van der Waals surface area contributed by atoms with E-state index in [0.29, 0.717) is 54.1 Å². The van der Waals surface area contributed by atoms with Crippen LogP contribution in [0, 0.1) is 52.3 Å². The van der Waals surface area contributed by atoms with Gasteiger partial charge in [0.15, 0.2) is 9.84 Å². The summed E-state index contributed by atoms with van der Waals surface area (Å²) in [5.41, 5.74) is 0.403. The lowest BCUT2D eigenvalue weighted by Gasteiger charge is -2.64. The topological polar surface area (TPSA) is 101 Å². The molecule has 0 radical (unpaired) electrons. The maximum absolute atomic E-state index is 12.8. The Labute approximate surface area is 253 Å². The van der Waals surface area contributed by atoms with Gasteiger partial charge in [-0.25, -0.2) is 8.42 Å². The second-order valence-electron chi connectivity index (χ2n) is 15.0. The van der Waals surface area contributed by atoms with E-state index in [1.54, 1.807) is 12.1 Å². The highest BCUT2D eigenvalue weighted by Crippen LogP contribution is 2.69. The van der Waals surface area contributed by atoms with Gasteiger partial charge in [-0.2, -0.15) is 0 Å². The number of fused-ring (bicyclic) bond motifs is 5. The van der Waals surface area contributed by atoms with Gasteiger partial charge in [0.25, 0.3) is 0 Å². The smallest absolute Gasteiger partial charge is 0.185 e. The SMILES string of the molecule is CC[C@H]1[C@@H](O)[C@@H]2[C@H](CC[C@]3(C)[C@@H]([C@H](C)CCCC(=O)CS(=O)(=O)c4ccc(OC)cc4)CC[C@@H]23)[C@@]2(C)CC[C@@H](O)C[C@@H]12. The van der Waals surface area contributed by atoms with Gasteiger partial charge in [0, 0.05) is 6.42 Å². The highest BCUT2D eigenvalue weighted by atomic mass is 32.2. The number of sulfone groups is 1. The molecule has 0 saturated heterocycles. The lowest BCUT2D eigenvalue weighted by atomic mass is 9.41. The standard InChI is InChI=1S/C35H54O6S/c1-6-27-31-20-23(36)16-18-35(31,4)30-17-19-34(3)28(14-15-29(34)32(30)33(27)38)22(2)8-7-9-24(37)21-42(39,40)26-12-10-25(41-5)11-13-26/h10-13,22-23,27-33,36,38H,6-9,14-21H2,1-5H3/t22-,23-,27-,28-,29+,30+,31+,32+,33-,34-,35-/m1/s1. The zero-order valence-electron chi connectivity index (χ0n) is 26.4. The first-order valence-corrected chi connectivity index (χ1v) is 18.3. The van der Waals surface area contributed by atoms with Crippen LogP contribution in [0.1, 0.15) is 98.3 Å². The van der Waals surface area contributed by atoms with Crippen LogP contribution in [0.5, 0.6) is 5.75 Å². The van der Waals surface area contributed by atoms with Crippen molar-refractivity contribution < 1.29 is 28.2 Å². The molecule has 0 aliphatic heterocycles. The third-order valence-corrected chi connectivity index (χ3v) is 14.7. The van der Waals surface area contributed by atoms with Crippen LogP contribution in [0.4, 0.5) is 0 Å². The molecule has 2 N–H and O–H groups in total. The molecule has 4 aliphatic carbocycles. The summed E-state index contributed by atoms with van der Waals surface area (Å²) in [6.07, 6.45) is 9.92. The quantitative estimate of drug-likeness (QED) is 0.318. The summed E-state index contributed by atoms with van der Waals surface area (Å²) in [6.45, 7) is 9.52. The summed E-state index contributed by atoms with van der Waals surface area (Å²) in [6, 6.07) is 6.21. The van der Waals surface area contributed by atoms with E-state index in [2.05, 4.69) is 27.7 Å². The molecular formula is C35H54O6S. The van der Waals surface area contributed by atoms with Crippen molar-refractivity contribution in [2.45, 2.75) is 115 Å². The summed E-state index contributed by atoms with van der Waals surface area (Å²) in [5.74, 6) is 3.01. The number of carbonyl (C=O) groups is 1. The van der Waals surface area contributed by atoms with Gasteiger partial charge >= 0.3 is 0 Å². The summed E-state index contributed by atoms with van der Waals surface area (Å²) in [4.78, 5) is 12.9. The molecular weight excluding hydrogens is 548 g/mol. The molecule has 0 amide bonds. The molecule has 0 aromatic heterocycles. The van der Waals surface area contributed by atoms with E-state index < -0.39 is 15.6 Å². The minimum absolute atomic E-state index is 0.158. The van der Waals surface area contributed by atoms with Crippen molar-refractivity contribution in [1.29, 1.82) is 0 Å². The van der Waals surface area contributed by atoms with Crippen molar-refractivity contribution in [3.05, 3.63) is 24.3 Å². The van der Waals surface area contributed by atoms with Crippen molar-refractivity contribution >= 4 is 15.6 Å². The summed E-state index contributed by atoms with van der Waals surface area (Å²) in [7, 11) is -2.13. The number of ether oxygens (including phenoxy) is 1. The Morgan fingerprint density at radius 2 is 1.67 bits per heavy atom. The third kappa shape index (κ3) is 5.60. The van der Waals surface area contributed by atoms with Gasteiger partial charge in [-0.1, -0.05) is 40.5 Å². The van der Waals surface area contributed by atoms with E-state index >= 15 is 0 Å². The second-order valence-corrected chi connectivity index (χ2v) is 17.0. The van der Waals surface area contributed by atoms with Gasteiger partial charge in [0.1, 0.15) is 17.3 Å². The van der Waals surface area contributed by atoms with Gasteiger partial charge in [-0.15, -0.1) is 0 Å². The molecule has 1 aromatic carbocycles. The molecule has 0 bridgehead atoms. The van der Waals surface area contributed by atoms with E-state index in [4.69, 9.17) is 4.74 Å². The van der Waals surface area contributed by atoms with Crippen molar-refractivity contribution in [3.8, 4) is 5.75 Å². The number of rotatable bonds is 10. The monoisotopic (exact) mass is 602 g/mol. The number of methoxy groups -OCH3 is 1. The number of benzene rings is 1. The molecule has 42 heavy (non-hydrogen) atoms. The predicted molar refractivity (Wildman–Crippen MR) is 165 cm³/mol. The number of hydrogen-bond donors (Lipinski definition) is 2. The summed E-state index contributed by atoms with van der Waals surface area (Å²) < 4.78 is 30.6. The molecule has 5 rings (SSSR count). The molecule has 0 spiro atoms. The van der Waals surface area contributed by atoms with Gasteiger partial charge in [-0.3, -0.25) is 4.79 Å². The first-order valence-electron chi connectivity index (χ1n) is 16.6. The van der Waals surface area contributed by atoms with E-state index in [1.807, 2.05) is 0 Å². The Hall–Kier alpha value is -1.44. The minimum Gasteiger partial charge on any atom is -0.497 e. The number of Topliss-reactive ketones (excluding diaryl/α,β-unsaturated/α-hetero) is 1.